The van der Waals surface area contributed by atoms with Gasteiger partial charge in [0.05, 0.1) is 23.9 Å². The summed E-state index contributed by atoms with van der Waals surface area (Å²) in [4.78, 5) is 25.7. The number of rotatable bonds is 5. The van der Waals surface area contributed by atoms with Crippen LogP contribution >= 0.6 is 11.6 Å². The lowest BCUT2D eigenvalue weighted by molar-refractivity contribution is -0.116. The summed E-state index contributed by atoms with van der Waals surface area (Å²) in [6.45, 7) is 4.31. The van der Waals surface area contributed by atoms with Crippen molar-refractivity contribution in [2.45, 2.75) is 26.2 Å². The molecule has 1 aromatic heterocycles. The highest BCUT2D eigenvalue weighted by Crippen LogP contribution is 2.38. The SMILES string of the molecule is CCOc1ccc(C(=O)[C@H]2CC(=O)Nc3c2c(C)nn3-c2ccc(Cl)cc2)cc1. The molecule has 29 heavy (non-hydrogen) atoms. The molecule has 1 amide bonds. The zero-order chi connectivity index (χ0) is 20.5. The summed E-state index contributed by atoms with van der Waals surface area (Å²) in [6, 6.07) is 14.2. The number of hydrogen-bond acceptors (Lipinski definition) is 4. The van der Waals surface area contributed by atoms with E-state index < -0.39 is 5.92 Å². The lowest BCUT2D eigenvalue weighted by Gasteiger charge is -2.23. The van der Waals surface area contributed by atoms with Crippen LogP contribution in [0.1, 0.15) is 40.9 Å². The van der Waals surface area contributed by atoms with Crippen LogP contribution in [0.3, 0.4) is 0 Å². The number of nitrogens with zero attached hydrogens (tertiary/aromatic N) is 2. The normalized spacial score (nSPS) is 15.6. The van der Waals surface area contributed by atoms with Crippen molar-refractivity contribution in [3.05, 3.63) is 70.4 Å². The molecule has 0 aliphatic carbocycles. The molecule has 0 saturated carbocycles. The molecular formula is C22H20ClN3O3. The van der Waals surface area contributed by atoms with Crippen molar-refractivity contribution in [1.29, 1.82) is 0 Å². The van der Waals surface area contributed by atoms with Gasteiger partial charge in [-0.15, -0.1) is 0 Å². The van der Waals surface area contributed by atoms with Crippen LogP contribution in [0.2, 0.25) is 5.02 Å². The van der Waals surface area contributed by atoms with Gasteiger partial charge in [-0.25, -0.2) is 4.68 Å². The number of ether oxygens (including phenoxy) is 1. The van der Waals surface area contributed by atoms with Crippen LogP contribution in [0.25, 0.3) is 5.69 Å². The third-order valence-corrected chi connectivity index (χ3v) is 5.19. The topological polar surface area (TPSA) is 73.2 Å². The van der Waals surface area contributed by atoms with Crippen LogP contribution in [-0.4, -0.2) is 28.1 Å². The predicted octanol–water partition coefficient (Wildman–Crippen LogP) is 4.54. The van der Waals surface area contributed by atoms with Crippen LogP contribution in [0.4, 0.5) is 5.82 Å². The summed E-state index contributed by atoms with van der Waals surface area (Å²) in [6.07, 6.45) is 0.0895. The maximum Gasteiger partial charge on any atom is 0.226 e. The average molecular weight is 410 g/mol. The highest BCUT2D eigenvalue weighted by molar-refractivity contribution is 6.30. The maximum atomic E-state index is 13.2. The van der Waals surface area contributed by atoms with E-state index in [4.69, 9.17) is 16.3 Å². The van der Waals surface area contributed by atoms with Crippen molar-refractivity contribution in [2.24, 2.45) is 0 Å². The predicted molar refractivity (Wildman–Crippen MR) is 111 cm³/mol. The minimum Gasteiger partial charge on any atom is -0.494 e. The summed E-state index contributed by atoms with van der Waals surface area (Å²) in [5, 5.41) is 8.07. The van der Waals surface area contributed by atoms with Gasteiger partial charge in [0.1, 0.15) is 11.6 Å². The third-order valence-electron chi connectivity index (χ3n) is 4.94. The number of carbonyl (C=O) groups excluding carboxylic acids is 2. The minimum absolute atomic E-state index is 0.0895. The van der Waals surface area contributed by atoms with Crippen LogP contribution in [0, 0.1) is 6.92 Å². The Labute approximate surface area is 173 Å². The Morgan fingerprint density at radius 1 is 1.21 bits per heavy atom. The van der Waals surface area contributed by atoms with E-state index in [9.17, 15) is 9.59 Å². The standard InChI is InChI=1S/C22H20ClN3O3/c1-3-29-17-10-4-14(5-11-17)21(28)18-12-19(27)24-22-20(18)13(2)25-26(22)16-8-6-15(23)7-9-16/h4-11,18H,3,12H2,1-2H3,(H,24,27)/t18-/m0/s1. The first kappa shape index (κ1) is 19.2. The quantitative estimate of drug-likeness (QED) is 0.628. The highest BCUT2D eigenvalue weighted by Gasteiger charge is 2.36. The number of benzene rings is 2. The van der Waals surface area contributed by atoms with E-state index >= 15 is 0 Å². The second kappa shape index (κ2) is 7.72. The van der Waals surface area contributed by atoms with Crippen LogP contribution < -0.4 is 10.1 Å². The lowest BCUT2D eigenvalue weighted by atomic mass is 9.85. The van der Waals surface area contributed by atoms with E-state index in [1.165, 1.54) is 0 Å². The van der Waals surface area contributed by atoms with Crippen molar-refractivity contribution in [3.8, 4) is 11.4 Å². The second-order valence-electron chi connectivity index (χ2n) is 6.86. The van der Waals surface area contributed by atoms with E-state index in [-0.39, 0.29) is 18.1 Å². The number of fused-ring (bicyclic) bond motifs is 1. The summed E-state index contributed by atoms with van der Waals surface area (Å²) >= 11 is 5.98. The summed E-state index contributed by atoms with van der Waals surface area (Å²) in [5.74, 6) is 0.334. The first-order valence-electron chi connectivity index (χ1n) is 9.40. The first-order chi connectivity index (χ1) is 14.0. The molecule has 1 atom stereocenters. The fourth-order valence-electron chi connectivity index (χ4n) is 3.62. The molecule has 1 aliphatic heterocycles. The van der Waals surface area contributed by atoms with Gasteiger partial charge in [-0.2, -0.15) is 5.10 Å². The molecule has 0 bridgehead atoms. The number of anilines is 1. The Morgan fingerprint density at radius 2 is 1.90 bits per heavy atom. The Bertz CT molecular complexity index is 1070. The second-order valence-corrected chi connectivity index (χ2v) is 7.30. The number of hydrogen-bond donors (Lipinski definition) is 1. The summed E-state index contributed by atoms with van der Waals surface area (Å²) in [5.41, 5.74) is 2.75. The zero-order valence-electron chi connectivity index (χ0n) is 16.1. The number of halogens is 1. The molecule has 0 saturated heterocycles. The molecule has 0 unspecified atom stereocenters. The summed E-state index contributed by atoms with van der Waals surface area (Å²) in [7, 11) is 0. The van der Waals surface area contributed by atoms with Gasteiger partial charge in [0.15, 0.2) is 5.78 Å². The van der Waals surface area contributed by atoms with E-state index in [0.29, 0.717) is 34.5 Å². The van der Waals surface area contributed by atoms with Gasteiger partial charge in [0.2, 0.25) is 5.91 Å². The van der Waals surface area contributed by atoms with Crippen LogP contribution in [-0.2, 0) is 4.79 Å². The van der Waals surface area contributed by atoms with Gasteiger partial charge in [0.25, 0.3) is 0 Å². The monoisotopic (exact) mass is 409 g/mol. The molecule has 0 radical (unpaired) electrons. The molecule has 6 nitrogen and oxygen atoms in total. The number of aromatic nitrogens is 2. The van der Waals surface area contributed by atoms with Crippen LogP contribution in [0.5, 0.6) is 5.75 Å². The Balaban J connectivity index is 1.73. The molecule has 7 heteroatoms. The molecule has 0 spiro atoms. The van der Waals surface area contributed by atoms with E-state index in [0.717, 1.165) is 11.3 Å². The minimum atomic E-state index is -0.585. The van der Waals surface area contributed by atoms with Crippen molar-refractivity contribution in [1.82, 2.24) is 9.78 Å². The maximum absolute atomic E-state index is 13.2. The zero-order valence-corrected chi connectivity index (χ0v) is 16.9. The van der Waals surface area contributed by atoms with Crippen molar-refractivity contribution in [2.75, 3.05) is 11.9 Å². The number of carbonyl (C=O) groups is 2. The van der Waals surface area contributed by atoms with Crippen molar-refractivity contribution in [3.63, 3.8) is 0 Å². The van der Waals surface area contributed by atoms with Gasteiger partial charge in [-0.3, -0.25) is 9.59 Å². The highest BCUT2D eigenvalue weighted by atomic mass is 35.5. The number of aryl methyl sites for hydroxylation is 1. The van der Waals surface area contributed by atoms with Gasteiger partial charge >= 0.3 is 0 Å². The molecular weight excluding hydrogens is 390 g/mol. The van der Waals surface area contributed by atoms with Gasteiger partial charge in [-0.05, 0) is 62.4 Å². The number of ketones is 1. The Morgan fingerprint density at radius 3 is 2.55 bits per heavy atom. The summed E-state index contributed by atoms with van der Waals surface area (Å²) < 4.78 is 7.09. The lowest BCUT2D eigenvalue weighted by Crippen LogP contribution is -2.28. The fourth-order valence-corrected chi connectivity index (χ4v) is 3.75. The fraction of sp³-hybridized carbons (Fsp3) is 0.227. The van der Waals surface area contributed by atoms with Crippen molar-refractivity contribution >= 4 is 29.1 Å². The van der Waals surface area contributed by atoms with Gasteiger partial charge in [-0.1, -0.05) is 11.6 Å². The largest absolute Gasteiger partial charge is 0.494 e. The van der Waals surface area contributed by atoms with E-state index in [1.54, 1.807) is 41.1 Å². The van der Waals surface area contributed by atoms with Crippen LogP contribution in [0.15, 0.2) is 48.5 Å². The molecule has 148 valence electrons. The molecule has 1 aliphatic rings. The molecule has 1 N–H and O–H groups in total. The number of Topliss-reactive ketones (excluding diaryl/α,β-unsaturated/α-hetero) is 1. The Kier molecular flexibility index (Phi) is 5.11. The Hall–Kier alpha value is -3.12. The van der Waals surface area contributed by atoms with Gasteiger partial charge in [0, 0.05) is 22.6 Å². The van der Waals surface area contributed by atoms with Crippen molar-refractivity contribution < 1.29 is 14.3 Å². The first-order valence-corrected chi connectivity index (χ1v) is 9.78. The molecule has 2 heterocycles. The smallest absolute Gasteiger partial charge is 0.226 e. The average Bonchev–Trinajstić information content (AvgIpc) is 3.04. The van der Waals surface area contributed by atoms with E-state index in [2.05, 4.69) is 10.4 Å². The number of nitrogens with one attached hydrogen (secondary N) is 1. The molecule has 4 rings (SSSR count). The van der Waals surface area contributed by atoms with Gasteiger partial charge < -0.3 is 10.1 Å². The van der Waals surface area contributed by atoms with E-state index in [1.807, 2.05) is 26.0 Å². The third kappa shape index (κ3) is 3.63. The molecule has 2 aromatic carbocycles. The molecule has 0 fully saturated rings. The number of amides is 1. The molecule has 3 aromatic rings.